The van der Waals surface area contributed by atoms with E-state index in [-0.39, 0.29) is 12.1 Å². The summed E-state index contributed by atoms with van der Waals surface area (Å²) in [6.07, 6.45) is -0.245. The third-order valence-electron chi connectivity index (χ3n) is 3.23. The van der Waals surface area contributed by atoms with Crippen LogP contribution in [0, 0.1) is 10.1 Å². The molecule has 4 N–H and O–H groups in total. The summed E-state index contributed by atoms with van der Waals surface area (Å²) < 4.78 is 0. The van der Waals surface area contributed by atoms with Crippen molar-refractivity contribution in [3.63, 3.8) is 0 Å². The topological polar surface area (TPSA) is 133 Å². The van der Waals surface area contributed by atoms with E-state index >= 15 is 0 Å². The third-order valence-corrected chi connectivity index (χ3v) is 3.23. The van der Waals surface area contributed by atoms with E-state index in [9.17, 15) is 19.7 Å². The zero-order valence-corrected chi connectivity index (χ0v) is 11.9. The molecule has 1 aromatic rings. The number of carbonyl (C=O) groups is 2. The lowest BCUT2D eigenvalue weighted by atomic mass is 10.1. The number of nitrogens with zero attached hydrogens (tertiary/aromatic N) is 2. The van der Waals surface area contributed by atoms with Crippen LogP contribution < -0.4 is 11.5 Å². The number of likely N-dealkylation sites (N-methyl/N-ethyl adjacent to an activating group) is 1. The van der Waals surface area contributed by atoms with Crippen LogP contribution in [0.3, 0.4) is 0 Å². The molecule has 8 heteroatoms. The Kier molecular flexibility index (Phi) is 5.37. The van der Waals surface area contributed by atoms with Crippen molar-refractivity contribution in [3.05, 3.63) is 39.9 Å². The van der Waals surface area contributed by atoms with E-state index in [1.807, 2.05) is 0 Å². The Balaban J connectivity index is 2.89. The van der Waals surface area contributed by atoms with Gasteiger partial charge in [-0.15, -0.1) is 0 Å². The molecule has 114 valence electrons. The second kappa shape index (κ2) is 6.80. The van der Waals surface area contributed by atoms with Crippen molar-refractivity contribution in [2.45, 2.75) is 25.4 Å². The van der Waals surface area contributed by atoms with Gasteiger partial charge in [-0.2, -0.15) is 0 Å². The molecule has 0 radical (unpaired) electrons. The summed E-state index contributed by atoms with van der Waals surface area (Å²) in [7, 11) is 1.52. The maximum atomic E-state index is 12.1. The van der Waals surface area contributed by atoms with Gasteiger partial charge in [-0.25, -0.2) is 0 Å². The largest absolute Gasteiger partial charge is 0.370 e. The SMILES string of the molecule is CC(c1cccc([N+](=O)[O-])c1)N(C)C(=O)C(N)CC(N)=O. The lowest BCUT2D eigenvalue weighted by Gasteiger charge is -2.27. The number of benzene rings is 1. The summed E-state index contributed by atoms with van der Waals surface area (Å²) in [5.74, 6) is -1.11. The molecule has 2 amide bonds. The predicted molar refractivity (Wildman–Crippen MR) is 76.1 cm³/mol. The first-order chi connectivity index (χ1) is 9.73. The Labute approximate surface area is 121 Å². The molecule has 0 aliphatic heterocycles. The summed E-state index contributed by atoms with van der Waals surface area (Å²) in [4.78, 5) is 34.5. The lowest BCUT2D eigenvalue weighted by molar-refractivity contribution is -0.384. The summed E-state index contributed by atoms with van der Waals surface area (Å²) in [6.45, 7) is 1.72. The minimum atomic E-state index is -1.02. The van der Waals surface area contributed by atoms with Gasteiger partial charge < -0.3 is 16.4 Å². The van der Waals surface area contributed by atoms with Crippen molar-refractivity contribution < 1.29 is 14.5 Å². The van der Waals surface area contributed by atoms with Gasteiger partial charge in [0.1, 0.15) is 0 Å². The minimum Gasteiger partial charge on any atom is -0.370 e. The molecule has 21 heavy (non-hydrogen) atoms. The highest BCUT2D eigenvalue weighted by molar-refractivity contribution is 5.87. The zero-order chi connectivity index (χ0) is 16.2. The number of non-ortho nitro benzene ring substituents is 1. The van der Waals surface area contributed by atoms with Crippen molar-refractivity contribution in [3.8, 4) is 0 Å². The molecule has 0 aliphatic rings. The van der Waals surface area contributed by atoms with E-state index in [0.717, 1.165) is 0 Å². The van der Waals surface area contributed by atoms with Gasteiger partial charge in [-0.05, 0) is 12.5 Å². The van der Waals surface area contributed by atoms with Gasteiger partial charge in [0.2, 0.25) is 11.8 Å². The third kappa shape index (κ3) is 4.25. The van der Waals surface area contributed by atoms with Crippen molar-refractivity contribution in [2.75, 3.05) is 7.05 Å². The average molecular weight is 294 g/mol. The molecular formula is C13H18N4O4. The van der Waals surface area contributed by atoms with Gasteiger partial charge >= 0.3 is 0 Å². The highest BCUT2D eigenvalue weighted by Crippen LogP contribution is 2.23. The summed E-state index contributed by atoms with van der Waals surface area (Å²) in [5.41, 5.74) is 11.2. The van der Waals surface area contributed by atoms with Crippen molar-refractivity contribution >= 4 is 17.5 Å². The number of carbonyl (C=O) groups excluding carboxylic acids is 2. The zero-order valence-electron chi connectivity index (χ0n) is 11.9. The Hall–Kier alpha value is -2.48. The average Bonchev–Trinajstić information content (AvgIpc) is 2.44. The van der Waals surface area contributed by atoms with Crippen LogP contribution in [0.4, 0.5) is 5.69 Å². The molecule has 0 saturated heterocycles. The molecule has 0 aromatic heterocycles. The van der Waals surface area contributed by atoms with E-state index < -0.39 is 28.8 Å². The Morgan fingerprint density at radius 1 is 1.43 bits per heavy atom. The van der Waals surface area contributed by atoms with Gasteiger partial charge in [0.25, 0.3) is 5.69 Å². The highest BCUT2D eigenvalue weighted by Gasteiger charge is 2.24. The predicted octanol–water partition coefficient (Wildman–Crippen LogP) is 0.317. The van der Waals surface area contributed by atoms with Crippen LogP contribution in [0.5, 0.6) is 0 Å². The Bertz CT molecular complexity index is 561. The van der Waals surface area contributed by atoms with Crippen LogP contribution in [-0.2, 0) is 9.59 Å². The Morgan fingerprint density at radius 3 is 2.57 bits per heavy atom. The molecule has 2 unspecified atom stereocenters. The Morgan fingerprint density at radius 2 is 2.05 bits per heavy atom. The number of nitro benzene ring substituents is 1. The summed E-state index contributed by atoms with van der Waals surface area (Å²) >= 11 is 0. The van der Waals surface area contributed by atoms with Crippen molar-refractivity contribution in [2.24, 2.45) is 11.5 Å². The second-order valence-corrected chi connectivity index (χ2v) is 4.75. The van der Waals surface area contributed by atoms with Crippen molar-refractivity contribution in [1.82, 2.24) is 4.90 Å². The fourth-order valence-electron chi connectivity index (χ4n) is 1.88. The molecular weight excluding hydrogens is 276 g/mol. The molecule has 0 fully saturated rings. The number of primary amides is 1. The minimum absolute atomic E-state index is 0.0540. The van der Waals surface area contributed by atoms with E-state index in [1.165, 1.54) is 24.1 Å². The van der Waals surface area contributed by atoms with Crippen LogP contribution in [0.1, 0.15) is 24.9 Å². The lowest BCUT2D eigenvalue weighted by Crippen LogP contribution is -2.44. The van der Waals surface area contributed by atoms with Crippen LogP contribution in [0.2, 0.25) is 0 Å². The molecule has 0 bridgehead atoms. The van der Waals surface area contributed by atoms with Gasteiger partial charge in [-0.3, -0.25) is 19.7 Å². The number of nitrogens with two attached hydrogens (primary N) is 2. The molecule has 8 nitrogen and oxygen atoms in total. The van der Waals surface area contributed by atoms with Gasteiger partial charge in [0.05, 0.1) is 23.4 Å². The van der Waals surface area contributed by atoms with Crippen LogP contribution >= 0.6 is 0 Å². The smallest absolute Gasteiger partial charge is 0.269 e. The second-order valence-electron chi connectivity index (χ2n) is 4.75. The fraction of sp³-hybridized carbons (Fsp3) is 0.385. The first kappa shape index (κ1) is 16.6. The first-order valence-electron chi connectivity index (χ1n) is 6.29. The van der Waals surface area contributed by atoms with E-state index in [2.05, 4.69) is 0 Å². The first-order valence-corrected chi connectivity index (χ1v) is 6.29. The number of hydrogen-bond acceptors (Lipinski definition) is 5. The highest BCUT2D eigenvalue weighted by atomic mass is 16.6. The molecule has 1 aromatic carbocycles. The quantitative estimate of drug-likeness (QED) is 0.575. The molecule has 0 heterocycles. The summed E-state index contributed by atoms with van der Waals surface area (Å²) in [6, 6.07) is 4.56. The number of amides is 2. The molecule has 0 spiro atoms. The fourth-order valence-corrected chi connectivity index (χ4v) is 1.88. The van der Waals surface area contributed by atoms with Crippen molar-refractivity contribution in [1.29, 1.82) is 0 Å². The molecule has 1 rings (SSSR count). The maximum Gasteiger partial charge on any atom is 0.269 e. The summed E-state index contributed by atoms with van der Waals surface area (Å²) in [5, 5.41) is 10.8. The maximum absolute atomic E-state index is 12.1. The number of nitro groups is 1. The molecule has 0 aliphatic carbocycles. The van der Waals surface area contributed by atoms with Crippen LogP contribution in [0.15, 0.2) is 24.3 Å². The van der Waals surface area contributed by atoms with E-state index in [4.69, 9.17) is 11.5 Å². The van der Waals surface area contributed by atoms with Crippen LogP contribution in [0.25, 0.3) is 0 Å². The molecule has 0 saturated carbocycles. The molecule has 2 atom stereocenters. The van der Waals surface area contributed by atoms with Gasteiger partial charge in [0, 0.05) is 19.2 Å². The normalized spacial score (nSPS) is 13.3. The van der Waals surface area contributed by atoms with Gasteiger partial charge in [-0.1, -0.05) is 12.1 Å². The van der Waals surface area contributed by atoms with Crippen LogP contribution in [-0.4, -0.2) is 34.7 Å². The van der Waals surface area contributed by atoms with Gasteiger partial charge in [0.15, 0.2) is 0 Å². The van der Waals surface area contributed by atoms with E-state index in [0.29, 0.717) is 5.56 Å². The monoisotopic (exact) mass is 294 g/mol. The number of rotatable bonds is 6. The number of hydrogen-bond donors (Lipinski definition) is 2. The standard InChI is InChI=1S/C13H18N4O4/c1-8(9-4-3-5-10(6-9)17(20)21)16(2)13(19)11(14)7-12(15)18/h3-6,8,11H,7,14H2,1-2H3,(H2,15,18). The van der Waals surface area contributed by atoms with E-state index in [1.54, 1.807) is 19.1 Å².